The Morgan fingerprint density at radius 3 is 2.63 bits per heavy atom. The molecule has 1 aliphatic heterocycles. The van der Waals surface area contributed by atoms with Crippen LogP contribution in [0.25, 0.3) is 0 Å². The lowest BCUT2D eigenvalue weighted by Crippen LogP contribution is -2.45. The van der Waals surface area contributed by atoms with Crippen LogP contribution >= 0.6 is 0 Å². The molecule has 1 heterocycles. The molecule has 0 spiro atoms. The Kier molecular flexibility index (Phi) is 5.67. The molecule has 0 amide bonds. The van der Waals surface area contributed by atoms with Gasteiger partial charge in [0.1, 0.15) is 5.75 Å². The lowest BCUT2D eigenvalue weighted by Gasteiger charge is -2.35. The predicted octanol–water partition coefficient (Wildman–Crippen LogP) is 2.83. The Bertz CT molecular complexity index is 375. The lowest BCUT2D eigenvalue weighted by molar-refractivity contribution is 0.161. The third kappa shape index (κ3) is 3.71. The van der Waals surface area contributed by atoms with E-state index in [1.807, 2.05) is 0 Å². The molecule has 0 saturated carbocycles. The quantitative estimate of drug-likeness (QED) is 0.853. The minimum Gasteiger partial charge on any atom is -0.494 e. The van der Waals surface area contributed by atoms with Gasteiger partial charge >= 0.3 is 0 Å². The summed E-state index contributed by atoms with van der Waals surface area (Å²) in [4.78, 5) is 2.60. The Morgan fingerprint density at radius 1 is 1.21 bits per heavy atom. The van der Waals surface area contributed by atoms with Crippen LogP contribution in [0.1, 0.15) is 38.3 Å². The zero-order valence-corrected chi connectivity index (χ0v) is 12.2. The summed E-state index contributed by atoms with van der Waals surface area (Å²) in [7, 11) is 0. The van der Waals surface area contributed by atoms with E-state index in [0.717, 1.165) is 38.5 Å². The van der Waals surface area contributed by atoms with Crippen molar-refractivity contribution < 1.29 is 4.74 Å². The predicted molar refractivity (Wildman–Crippen MR) is 79.7 cm³/mol. The van der Waals surface area contributed by atoms with Crippen LogP contribution in [0.5, 0.6) is 5.75 Å². The fourth-order valence-electron chi connectivity index (χ4n) is 2.84. The molecule has 1 fully saturated rings. The Labute approximate surface area is 116 Å². The van der Waals surface area contributed by atoms with Gasteiger partial charge in [-0.3, -0.25) is 4.90 Å². The third-order valence-electron chi connectivity index (χ3n) is 3.73. The number of para-hydroxylation sites is 1. The molecule has 3 heteroatoms. The Hall–Kier alpha value is -1.06. The van der Waals surface area contributed by atoms with E-state index in [1.165, 1.54) is 18.4 Å². The van der Waals surface area contributed by atoms with Crippen LogP contribution in [-0.2, 0) is 0 Å². The second-order valence-corrected chi connectivity index (χ2v) is 5.06. The molecular weight excluding hydrogens is 236 g/mol. The smallest absolute Gasteiger partial charge is 0.124 e. The number of nitrogens with one attached hydrogen (secondary N) is 1. The van der Waals surface area contributed by atoms with E-state index in [-0.39, 0.29) is 0 Å². The SMILES string of the molecule is CCC[C@H](c1ccccc1OCC)N1CCNCC1. The van der Waals surface area contributed by atoms with Crippen molar-refractivity contribution in [1.82, 2.24) is 10.2 Å². The van der Waals surface area contributed by atoms with Gasteiger partial charge in [-0.15, -0.1) is 0 Å². The highest BCUT2D eigenvalue weighted by atomic mass is 16.5. The van der Waals surface area contributed by atoms with Gasteiger partial charge in [-0.1, -0.05) is 31.5 Å². The van der Waals surface area contributed by atoms with Crippen LogP contribution < -0.4 is 10.1 Å². The van der Waals surface area contributed by atoms with Crippen LogP contribution in [0, 0.1) is 0 Å². The molecule has 106 valence electrons. The van der Waals surface area contributed by atoms with Gasteiger partial charge in [0.15, 0.2) is 0 Å². The van der Waals surface area contributed by atoms with Crippen LogP contribution in [-0.4, -0.2) is 37.7 Å². The molecule has 3 nitrogen and oxygen atoms in total. The third-order valence-corrected chi connectivity index (χ3v) is 3.73. The number of benzene rings is 1. The van der Waals surface area contributed by atoms with Crippen LogP contribution in [0.15, 0.2) is 24.3 Å². The van der Waals surface area contributed by atoms with Crippen molar-refractivity contribution in [3.8, 4) is 5.75 Å². The molecule has 1 aromatic rings. The molecule has 1 N–H and O–H groups in total. The Balaban J connectivity index is 2.21. The van der Waals surface area contributed by atoms with Gasteiger partial charge in [-0.25, -0.2) is 0 Å². The van der Waals surface area contributed by atoms with Crippen LogP contribution in [0.3, 0.4) is 0 Å². The highest BCUT2D eigenvalue weighted by Gasteiger charge is 2.23. The maximum Gasteiger partial charge on any atom is 0.124 e. The molecule has 19 heavy (non-hydrogen) atoms. The normalized spacial score (nSPS) is 18.2. The average Bonchev–Trinajstić information content (AvgIpc) is 2.47. The average molecular weight is 262 g/mol. The summed E-state index contributed by atoms with van der Waals surface area (Å²) in [6.45, 7) is 9.50. The van der Waals surface area contributed by atoms with E-state index in [1.54, 1.807) is 0 Å². The zero-order chi connectivity index (χ0) is 13.5. The van der Waals surface area contributed by atoms with E-state index in [9.17, 15) is 0 Å². The van der Waals surface area contributed by atoms with E-state index in [2.05, 4.69) is 48.3 Å². The van der Waals surface area contributed by atoms with Crippen molar-refractivity contribution in [2.24, 2.45) is 0 Å². The molecule has 0 aromatic heterocycles. The second-order valence-electron chi connectivity index (χ2n) is 5.06. The first-order chi connectivity index (χ1) is 9.36. The van der Waals surface area contributed by atoms with Gasteiger partial charge in [0, 0.05) is 37.8 Å². The number of rotatable bonds is 6. The summed E-state index contributed by atoms with van der Waals surface area (Å²) < 4.78 is 5.81. The maximum absolute atomic E-state index is 5.81. The van der Waals surface area contributed by atoms with Crippen molar-refractivity contribution in [3.63, 3.8) is 0 Å². The summed E-state index contributed by atoms with van der Waals surface area (Å²) in [6, 6.07) is 9.02. The number of nitrogens with zero attached hydrogens (tertiary/aromatic N) is 1. The minimum absolute atomic E-state index is 0.495. The lowest BCUT2D eigenvalue weighted by atomic mass is 9.99. The number of hydrogen-bond donors (Lipinski definition) is 1. The largest absolute Gasteiger partial charge is 0.494 e. The summed E-state index contributed by atoms with van der Waals surface area (Å²) in [6.07, 6.45) is 2.40. The van der Waals surface area contributed by atoms with Gasteiger partial charge in [0.05, 0.1) is 6.61 Å². The van der Waals surface area contributed by atoms with E-state index in [0.29, 0.717) is 6.04 Å². The monoisotopic (exact) mass is 262 g/mol. The van der Waals surface area contributed by atoms with Crippen molar-refractivity contribution >= 4 is 0 Å². The maximum atomic E-state index is 5.81. The molecule has 0 unspecified atom stereocenters. The molecule has 1 atom stereocenters. The summed E-state index contributed by atoms with van der Waals surface area (Å²) in [5, 5.41) is 3.43. The van der Waals surface area contributed by atoms with E-state index < -0.39 is 0 Å². The van der Waals surface area contributed by atoms with Gasteiger partial charge in [-0.2, -0.15) is 0 Å². The first kappa shape index (κ1) is 14.4. The minimum atomic E-state index is 0.495. The molecule has 0 aliphatic carbocycles. The van der Waals surface area contributed by atoms with Gasteiger partial charge in [0.25, 0.3) is 0 Å². The van der Waals surface area contributed by atoms with E-state index in [4.69, 9.17) is 4.74 Å². The van der Waals surface area contributed by atoms with Crippen molar-refractivity contribution in [2.45, 2.75) is 32.7 Å². The highest BCUT2D eigenvalue weighted by molar-refractivity contribution is 5.36. The van der Waals surface area contributed by atoms with E-state index >= 15 is 0 Å². The molecule has 1 aromatic carbocycles. The van der Waals surface area contributed by atoms with Gasteiger partial charge in [-0.05, 0) is 19.4 Å². The standard InChI is InChI=1S/C16H26N2O/c1-3-7-15(18-12-10-17-11-13-18)14-8-5-6-9-16(14)19-4-2/h5-6,8-9,15,17H,3-4,7,10-13H2,1-2H3/t15-/m1/s1. The number of hydrogen-bond acceptors (Lipinski definition) is 3. The van der Waals surface area contributed by atoms with Gasteiger partial charge < -0.3 is 10.1 Å². The van der Waals surface area contributed by atoms with Crippen molar-refractivity contribution in [2.75, 3.05) is 32.8 Å². The molecule has 0 radical (unpaired) electrons. The molecule has 1 aliphatic rings. The van der Waals surface area contributed by atoms with Crippen molar-refractivity contribution in [3.05, 3.63) is 29.8 Å². The van der Waals surface area contributed by atoms with Gasteiger partial charge in [0.2, 0.25) is 0 Å². The molecule has 1 saturated heterocycles. The van der Waals surface area contributed by atoms with Crippen LogP contribution in [0.4, 0.5) is 0 Å². The summed E-state index contributed by atoms with van der Waals surface area (Å²) in [5.74, 6) is 1.06. The molecular formula is C16H26N2O. The topological polar surface area (TPSA) is 24.5 Å². The second kappa shape index (κ2) is 7.51. The number of piperazine rings is 1. The molecule has 2 rings (SSSR count). The van der Waals surface area contributed by atoms with Crippen molar-refractivity contribution in [1.29, 1.82) is 0 Å². The summed E-state index contributed by atoms with van der Waals surface area (Å²) in [5.41, 5.74) is 1.35. The summed E-state index contributed by atoms with van der Waals surface area (Å²) >= 11 is 0. The first-order valence-corrected chi connectivity index (χ1v) is 7.53. The fraction of sp³-hybridized carbons (Fsp3) is 0.625. The highest BCUT2D eigenvalue weighted by Crippen LogP contribution is 2.32. The number of ether oxygens (including phenoxy) is 1. The Morgan fingerprint density at radius 2 is 1.95 bits per heavy atom. The van der Waals surface area contributed by atoms with Crippen LogP contribution in [0.2, 0.25) is 0 Å². The fourth-order valence-corrected chi connectivity index (χ4v) is 2.84. The zero-order valence-electron chi connectivity index (χ0n) is 12.2. The molecule has 0 bridgehead atoms. The first-order valence-electron chi connectivity index (χ1n) is 7.53.